The fourth-order valence-corrected chi connectivity index (χ4v) is 7.48. The van der Waals surface area contributed by atoms with Gasteiger partial charge < -0.3 is 19.7 Å². The Kier molecular flexibility index (Phi) is 7.38. The van der Waals surface area contributed by atoms with Crippen LogP contribution in [0, 0.1) is 23.2 Å². The van der Waals surface area contributed by atoms with Crippen molar-refractivity contribution < 1.29 is 24.5 Å². The van der Waals surface area contributed by atoms with Crippen LogP contribution in [-0.2, 0) is 14.3 Å². The smallest absolute Gasteiger partial charge is 0.167 e. The molecule has 2 heterocycles. The number of aliphatic hydroxyl groups is 2. The zero-order valence-corrected chi connectivity index (χ0v) is 22.2. The molecular weight excluding hydrogens is 440 g/mol. The molecule has 0 bridgehead atoms. The van der Waals surface area contributed by atoms with Gasteiger partial charge in [0.15, 0.2) is 6.29 Å². The maximum Gasteiger partial charge on any atom is 0.167 e. The number of hydrogen-bond donors (Lipinski definition) is 2. The van der Waals surface area contributed by atoms with Crippen molar-refractivity contribution in [2.45, 2.75) is 103 Å². The van der Waals surface area contributed by atoms with Crippen LogP contribution in [0.1, 0.15) is 79.6 Å². The van der Waals surface area contributed by atoms with Crippen LogP contribution in [0.5, 0.6) is 0 Å². The lowest BCUT2D eigenvalue weighted by Crippen LogP contribution is -2.58. The van der Waals surface area contributed by atoms with Crippen LogP contribution in [0.2, 0.25) is 0 Å². The van der Waals surface area contributed by atoms with Crippen molar-refractivity contribution in [1.82, 2.24) is 0 Å². The van der Waals surface area contributed by atoms with Gasteiger partial charge in [0.05, 0.1) is 22.7 Å². The van der Waals surface area contributed by atoms with E-state index in [9.17, 15) is 15.0 Å². The minimum absolute atomic E-state index is 0.0448. The Hall–Kier alpha value is -1.53. The average molecular weight is 485 g/mol. The molecule has 4 fully saturated rings. The van der Waals surface area contributed by atoms with E-state index in [0.29, 0.717) is 25.4 Å². The highest BCUT2D eigenvalue weighted by Gasteiger charge is 2.65. The molecule has 2 aliphatic heterocycles. The first-order valence-electron chi connectivity index (χ1n) is 13.3. The second kappa shape index (κ2) is 9.74. The first-order chi connectivity index (χ1) is 16.4. The van der Waals surface area contributed by atoms with Gasteiger partial charge in [-0.25, -0.2) is 0 Å². The van der Waals surface area contributed by atoms with E-state index in [-0.39, 0.29) is 17.9 Å². The Labute approximate surface area is 211 Å². The maximum atomic E-state index is 11.7. The summed E-state index contributed by atoms with van der Waals surface area (Å²) in [5.41, 5.74) is 1.90. The molecule has 0 unspecified atom stereocenters. The third kappa shape index (κ3) is 4.66. The van der Waals surface area contributed by atoms with E-state index >= 15 is 0 Å². The number of aldehydes is 1. The molecule has 5 heteroatoms. The fourth-order valence-electron chi connectivity index (χ4n) is 7.48. The molecule has 4 rings (SSSR count). The van der Waals surface area contributed by atoms with Crippen molar-refractivity contribution in [3.63, 3.8) is 0 Å². The summed E-state index contributed by atoms with van der Waals surface area (Å²) >= 11 is 0. The van der Waals surface area contributed by atoms with Crippen LogP contribution < -0.4 is 0 Å². The largest absolute Gasteiger partial charge is 0.390 e. The van der Waals surface area contributed by atoms with Gasteiger partial charge in [-0.15, -0.1) is 0 Å². The molecular formula is C30H44O5. The van der Waals surface area contributed by atoms with Gasteiger partial charge in [0.2, 0.25) is 0 Å². The summed E-state index contributed by atoms with van der Waals surface area (Å²) in [6.07, 6.45) is 12.1. The third-order valence-corrected chi connectivity index (χ3v) is 9.54. The highest BCUT2D eigenvalue weighted by molar-refractivity contribution is 5.74. The van der Waals surface area contributed by atoms with Gasteiger partial charge in [0.25, 0.3) is 0 Å². The summed E-state index contributed by atoms with van der Waals surface area (Å²) in [5, 5.41) is 22.6. The maximum absolute atomic E-state index is 11.7. The molecule has 35 heavy (non-hydrogen) atoms. The van der Waals surface area contributed by atoms with E-state index in [2.05, 4.69) is 31.7 Å². The molecule has 0 aromatic heterocycles. The lowest BCUT2D eigenvalue weighted by atomic mass is 9.53. The molecule has 5 nitrogen and oxygen atoms in total. The Morgan fingerprint density at radius 3 is 2.57 bits per heavy atom. The molecule has 2 aliphatic carbocycles. The number of rotatable bonds is 5. The van der Waals surface area contributed by atoms with E-state index < -0.39 is 22.9 Å². The number of allylic oxidation sites excluding steroid dienone is 5. The van der Waals surface area contributed by atoms with Crippen molar-refractivity contribution in [1.29, 1.82) is 0 Å². The third-order valence-electron chi connectivity index (χ3n) is 9.54. The van der Waals surface area contributed by atoms with E-state index in [4.69, 9.17) is 9.47 Å². The van der Waals surface area contributed by atoms with Crippen molar-refractivity contribution in [2.75, 3.05) is 6.61 Å². The molecule has 2 saturated carbocycles. The van der Waals surface area contributed by atoms with Gasteiger partial charge in [-0.05, 0) is 97.0 Å². The SMILES string of the molecule is C=C(C)[C@@H]1CC[C@](C)(O)[C@H]1/C=C/C(C)=C/[C@@H]1C[C@@]23[C@H](OCCC[C@@H]2/C(=C(/C)C=O)CC[C@]3(C)O)O1. The van der Waals surface area contributed by atoms with Gasteiger partial charge in [-0.2, -0.15) is 0 Å². The Morgan fingerprint density at radius 1 is 1.14 bits per heavy atom. The quantitative estimate of drug-likeness (QED) is 0.236. The van der Waals surface area contributed by atoms with E-state index in [1.807, 2.05) is 27.7 Å². The fraction of sp³-hybridized carbons (Fsp3) is 0.700. The second-order valence-corrected chi connectivity index (χ2v) is 12.1. The highest BCUT2D eigenvalue weighted by atomic mass is 16.7. The Morgan fingerprint density at radius 2 is 1.89 bits per heavy atom. The van der Waals surface area contributed by atoms with Crippen molar-refractivity contribution in [3.8, 4) is 0 Å². The van der Waals surface area contributed by atoms with Crippen LogP contribution in [0.15, 0.2) is 47.1 Å². The molecule has 2 N–H and O–H groups in total. The predicted octanol–water partition coefficient (Wildman–Crippen LogP) is 5.43. The highest BCUT2D eigenvalue weighted by Crippen LogP contribution is 2.62. The van der Waals surface area contributed by atoms with Crippen LogP contribution in [0.4, 0.5) is 0 Å². The van der Waals surface area contributed by atoms with Gasteiger partial charge in [-0.1, -0.05) is 41.5 Å². The van der Waals surface area contributed by atoms with Gasteiger partial charge in [0.1, 0.15) is 6.29 Å². The molecule has 4 aliphatic rings. The summed E-state index contributed by atoms with van der Waals surface area (Å²) < 4.78 is 12.7. The normalized spacial score (nSPS) is 45.7. The molecule has 2 saturated heterocycles. The molecule has 1 spiro atoms. The van der Waals surface area contributed by atoms with Crippen LogP contribution in [0.25, 0.3) is 0 Å². The first-order valence-corrected chi connectivity index (χ1v) is 13.3. The summed E-state index contributed by atoms with van der Waals surface area (Å²) in [4.78, 5) is 11.7. The Bertz CT molecular complexity index is 938. The van der Waals surface area contributed by atoms with Crippen LogP contribution in [0.3, 0.4) is 0 Å². The molecule has 0 aromatic carbocycles. The number of hydrogen-bond acceptors (Lipinski definition) is 5. The number of ether oxygens (including phenoxy) is 2. The van der Waals surface area contributed by atoms with Crippen molar-refractivity contribution >= 4 is 6.29 Å². The zero-order chi connectivity index (χ0) is 25.6. The van der Waals surface area contributed by atoms with Gasteiger partial charge in [0, 0.05) is 12.5 Å². The summed E-state index contributed by atoms with van der Waals surface area (Å²) in [5.74, 6) is 0.409. The van der Waals surface area contributed by atoms with E-state index in [0.717, 1.165) is 55.1 Å². The second-order valence-electron chi connectivity index (χ2n) is 12.1. The summed E-state index contributed by atoms with van der Waals surface area (Å²) in [7, 11) is 0. The summed E-state index contributed by atoms with van der Waals surface area (Å²) in [6, 6.07) is 0. The molecule has 8 atom stereocenters. The van der Waals surface area contributed by atoms with Crippen LogP contribution >= 0.6 is 0 Å². The molecule has 0 aromatic rings. The van der Waals surface area contributed by atoms with E-state index in [1.54, 1.807) is 0 Å². The molecule has 0 amide bonds. The topological polar surface area (TPSA) is 76.0 Å². The number of carbonyl (C=O) groups is 1. The van der Waals surface area contributed by atoms with Gasteiger partial charge in [-0.3, -0.25) is 4.79 Å². The minimum atomic E-state index is -0.942. The predicted molar refractivity (Wildman–Crippen MR) is 138 cm³/mol. The standard InChI is InChI=1S/C30H44O5/c1-19(2)23-11-13-28(5,32)25(23)10-9-20(3)16-22-17-30-26(8-7-15-34-27(30)35-22)24(21(4)18-31)12-14-29(30,6)33/h9-10,16,18,22-23,25-27,32-33H,1,7-8,11-15,17H2,2-6H3/b10-9+,20-16+,24-21-/t22-,23+,25+,26-,27-,28+,29+,30+/m1/s1. The zero-order valence-electron chi connectivity index (χ0n) is 22.2. The van der Waals surface area contributed by atoms with E-state index in [1.165, 1.54) is 5.57 Å². The first kappa shape index (κ1) is 26.5. The molecule has 0 radical (unpaired) electrons. The lowest BCUT2D eigenvalue weighted by Gasteiger charge is -2.53. The molecule has 194 valence electrons. The van der Waals surface area contributed by atoms with Gasteiger partial charge >= 0.3 is 0 Å². The average Bonchev–Trinajstić information content (AvgIpc) is 3.23. The number of carbonyl (C=O) groups excluding carboxylic acids is 1. The van der Waals surface area contributed by atoms with Crippen molar-refractivity contribution in [2.24, 2.45) is 23.2 Å². The minimum Gasteiger partial charge on any atom is -0.390 e. The summed E-state index contributed by atoms with van der Waals surface area (Å²) in [6.45, 7) is 14.6. The van der Waals surface area contributed by atoms with Crippen molar-refractivity contribution in [3.05, 3.63) is 47.1 Å². The monoisotopic (exact) mass is 484 g/mol. The Balaban J connectivity index is 1.61. The van der Waals surface area contributed by atoms with Crippen LogP contribution in [-0.4, -0.2) is 46.7 Å². The lowest BCUT2D eigenvalue weighted by molar-refractivity contribution is -0.230.